The van der Waals surface area contributed by atoms with Crippen molar-refractivity contribution in [2.75, 3.05) is 0 Å². The average molecular weight is 235 g/mol. The van der Waals surface area contributed by atoms with Gasteiger partial charge in [-0.2, -0.15) is 0 Å². The minimum absolute atomic E-state index is 0.588. The van der Waals surface area contributed by atoms with E-state index in [4.69, 9.17) is 0 Å². The fourth-order valence-corrected chi connectivity index (χ4v) is 5.15. The molecule has 0 radical (unpaired) electrons. The van der Waals surface area contributed by atoms with Gasteiger partial charge in [-0.05, 0) is 55.8 Å². The SMILES string of the molecule is CC1CCC2(C)C(C)NC3C1CCCCCC32. The van der Waals surface area contributed by atoms with Crippen LogP contribution < -0.4 is 5.32 Å². The van der Waals surface area contributed by atoms with Crippen LogP contribution in [0.5, 0.6) is 0 Å². The molecule has 98 valence electrons. The largest absolute Gasteiger partial charge is 0.310 e. The Morgan fingerprint density at radius 2 is 1.76 bits per heavy atom. The second kappa shape index (κ2) is 4.26. The minimum Gasteiger partial charge on any atom is -0.310 e. The van der Waals surface area contributed by atoms with E-state index in [-0.39, 0.29) is 0 Å². The molecule has 1 aliphatic heterocycles. The lowest BCUT2D eigenvalue weighted by atomic mass is 9.68. The molecule has 1 heterocycles. The maximum atomic E-state index is 4.00. The van der Waals surface area contributed by atoms with E-state index in [1.165, 1.54) is 44.9 Å². The molecule has 2 saturated carbocycles. The lowest BCUT2D eigenvalue weighted by molar-refractivity contribution is 0.164. The van der Waals surface area contributed by atoms with E-state index in [2.05, 4.69) is 26.1 Å². The van der Waals surface area contributed by atoms with Crippen molar-refractivity contribution < 1.29 is 0 Å². The Balaban J connectivity index is 1.95. The highest BCUT2D eigenvalue weighted by Crippen LogP contribution is 2.53. The predicted molar refractivity (Wildman–Crippen MR) is 73.0 cm³/mol. The predicted octanol–water partition coefficient (Wildman–Crippen LogP) is 3.98. The monoisotopic (exact) mass is 235 g/mol. The molecule has 2 aliphatic carbocycles. The average Bonchev–Trinajstić information content (AvgIpc) is 2.43. The summed E-state index contributed by atoms with van der Waals surface area (Å²) in [5.74, 6) is 2.88. The number of rotatable bonds is 0. The zero-order chi connectivity index (χ0) is 12.0. The van der Waals surface area contributed by atoms with Crippen molar-refractivity contribution in [2.24, 2.45) is 23.2 Å². The van der Waals surface area contributed by atoms with Crippen LogP contribution in [0.3, 0.4) is 0 Å². The quantitative estimate of drug-likeness (QED) is 0.669. The van der Waals surface area contributed by atoms with Crippen LogP contribution in [0.1, 0.15) is 65.7 Å². The molecular weight excluding hydrogens is 206 g/mol. The third-order valence-corrected chi connectivity index (χ3v) is 6.60. The lowest BCUT2D eigenvalue weighted by Gasteiger charge is -2.36. The highest BCUT2D eigenvalue weighted by atomic mass is 15.0. The zero-order valence-electron chi connectivity index (χ0n) is 11.8. The van der Waals surface area contributed by atoms with Crippen LogP contribution in [0.2, 0.25) is 0 Å². The standard InChI is InChI=1S/C16H29N/c1-11-9-10-16(3)12(2)17-15-13(11)7-5-4-6-8-14(15)16/h11-15,17H,4-10H2,1-3H3. The summed E-state index contributed by atoms with van der Waals surface area (Å²) >= 11 is 0. The first-order valence-electron chi connectivity index (χ1n) is 7.89. The van der Waals surface area contributed by atoms with E-state index in [0.29, 0.717) is 5.41 Å². The van der Waals surface area contributed by atoms with Crippen LogP contribution in [-0.2, 0) is 0 Å². The van der Waals surface area contributed by atoms with E-state index in [9.17, 15) is 0 Å². The molecule has 0 aromatic heterocycles. The number of hydrogen-bond donors (Lipinski definition) is 1. The van der Waals surface area contributed by atoms with Gasteiger partial charge in [-0.15, -0.1) is 0 Å². The van der Waals surface area contributed by atoms with E-state index in [1.54, 1.807) is 0 Å². The van der Waals surface area contributed by atoms with Crippen molar-refractivity contribution in [1.29, 1.82) is 0 Å². The molecule has 3 rings (SSSR count). The van der Waals surface area contributed by atoms with Crippen molar-refractivity contribution in [3.05, 3.63) is 0 Å². The second-order valence-electron chi connectivity index (χ2n) is 7.34. The van der Waals surface area contributed by atoms with Crippen LogP contribution in [0, 0.1) is 23.2 Å². The summed E-state index contributed by atoms with van der Waals surface area (Å²) in [6.45, 7) is 7.53. The van der Waals surface area contributed by atoms with Crippen molar-refractivity contribution in [3.8, 4) is 0 Å². The molecule has 4 bridgehead atoms. The Labute approximate surface area is 107 Å². The summed E-state index contributed by atoms with van der Waals surface area (Å²) < 4.78 is 0. The van der Waals surface area contributed by atoms with Gasteiger partial charge in [-0.3, -0.25) is 0 Å². The summed E-state index contributed by atoms with van der Waals surface area (Å²) in [7, 11) is 0. The van der Waals surface area contributed by atoms with E-state index >= 15 is 0 Å². The maximum absolute atomic E-state index is 4.00. The molecule has 17 heavy (non-hydrogen) atoms. The van der Waals surface area contributed by atoms with Crippen LogP contribution in [0.25, 0.3) is 0 Å². The van der Waals surface area contributed by atoms with Crippen LogP contribution in [-0.4, -0.2) is 12.1 Å². The Morgan fingerprint density at radius 1 is 1.00 bits per heavy atom. The van der Waals surface area contributed by atoms with E-state index in [0.717, 1.165) is 29.8 Å². The topological polar surface area (TPSA) is 12.0 Å². The van der Waals surface area contributed by atoms with Crippen LogP contribution in [0.4, 0.5) is 0 Å². The van der Waals surface area contributed by atoms with Gasteiger partial charge in [0, 0.05) is 12.1 Å². The molecule has 6 atom stereocenters. The molecule has 3 aliphatic rings. The summed E-state index contributed by atoms with van der Waals surface area (Å²) in [5, 5.41) is 4.00. The Bertz CT molecular complexity index is 287. The third-order valence-electron chi connectivity index (χ3n) is 6.60. The normalized spacial score (nSPS) is 54.9. The highest BCUT2D eigenvalue weighted by molar-refractivity contribution is 5.08. The molecule has 0 spiro atoms. The fourth-order valence-electron chi connectivity index (χ4n) is 5.15. The molecule has 0 aromatic rings. The minimum atomic E-state index is 0.588. The van der Waals surface area contributed by atoms with Crippen molar-refractivity contribution >= 4 is 0 Å². The Morgan fingerprint density at radius 3 is 2.59 bits per heavy atom. The van der Waals surface area contributed by atoms with Gasteiger partial charge in [0.2, 0.25) is 0 Å². The van der Waals surface area contributed by atoms with E-state index < -0.39 is 0 Å². The zero-order valence-corrected chi connectivity index (χ0v) is 11.8. The molecule has 1 saturated heterocycles. The van der Waals surface area contributed by atoms with Gasteiger partial charge in [0.15, 0.2) is 0 Å². The first kappa shape index (κ1) is 12.0. The summed E-state index contributed by atoms with van der Waals surface area (Å²) in [6.07, 6.45) is 10.3. The van der Waals surface area contributed by atoms with Crippen LogP contribution in [0.15, 0.2) is 0 Å². The van der Waals surface area contributed by atoms with Gasteiger partial charge in [-0.25, -0.2) is 0 Å². The molecule has 1 heteroatoms. The summed E-state index contributed by atoms with van der Waals surface area (Å²) in [5.41, 5.74) is 0.588. The molecule has 1 nitrogen and oxygen atoms in total. The van der Waals surface area contributed by atoms with Gasteiger partial charge in [0.25, 0.3) is 0 Å². The molecule has 6 unspecified atom stereocenters. The van der Waals surface area contributed by atoms with Gasteiger partial charge >= 0.3 is 0 Å². The smallest absolute Gasteiger partial charge is 0.0135 e. The number of hydrogen-bond acceptors (Lipinski definition) is 1. The third kappa shape index (κ3) is 1.77. The maximum Gasteiger partial charge on any atom is 0.0135 e. The van der Waals surface area contributed by atoms with Crippen LogP contribution >= 0.6 is 0 Å². The highest BCUT2D eigenvalue weighted by Gasteiger charge is 2.54. The molecular formula is C16H29N. The molecule has 0 amide bonds. The first-order valence-corrected chi connectivity index (χ1v) is 7.89. The van der Waals surface area contributed by atoms with Crippen molar-refractivity contribution in [2.45, 2.75) is 77.8 Å². The fraction of sp³-hybridized carbons (Fsp3) is 1.00. The van der Waals surface area contributed by atoms with Gasteiger partial charge < -0.3 is 5.32 Å². The van der Waals surface area contributed by atoms with Crippen molar-refractivity contribution in [3.63, 3.8) is 0 Å². The summed E-state index contributed by atoms with van der Waals surface area (Å²) in [4.78, 5) is 0. The molecule has 1 N–H and O–H groups in total. The number of nitrogens with one attached hydrogen (secondary N) is 1. The van der Waals surface area contributed by atoms with Gasteiger partial charge in [0.05, 0.1) is 0 Å². The molecule has 3 fully saturated rings. The summed E-state index contributed by atoms with van der Waals surface area (Å²) in [6, 6.07) is 1.58. The van der Waals surface area contributed by atoms with Gasteiger partial charge in [0.1, 0.15) is 0 Å². The lowest BCUT2D eigenvalue weighted by Crippen LogP contribution is -2.41. The van der Waals surface area contributed by atoms with Crippen molar-refractivity contribution in [1.82, 2.24) is 5.32 Å². The first-order chi connectivity index (χ1) is 8.13. The molecule has 0 aromatic carbocycles. The second-order valence-corrected chi connectivity index (χ2v) is 7.34. The Hall–Kier alpha value is -0.0400. The van der Waals surface area contributed by atoms with Gasteiger partial charge in [-0.1, -0.05) is 33.1 Å². The van der Waals surface area contributed by atoms with E-state index in [1.807, 2.05) is 0 Å². The Kier molecular flexibility index (Phi) is 3.01.